The van der Waals surface area contributed by atoms with Crippen LogP contribution in [0.4, 0.5) is 0 Å². The summed E-state index contributed by atoms with van der Waals surface area (Å²) < 4.78 is 0. The molecular formula is C9H14N2OS. The third-order valence-electron chi connectivity index (χ3n) is 2.18. The van der Waals surface area contributed by atoms with Crippen molar-refractivity contribution in [3.05, 3.63) is 0 Å². The van der Waals surface area contributed by atoms with Crippen LogP contribution in [0.5, 0.6) is 0 Å². The van der Waals surface area contributed by atoms with Gasteiger partial charge in [0.2, 0.25) is 5.91 Å². The average Bonchev–Trinajstić information content (AvgIpc) is 2.66. The lowest BCUT2D eigenvalue weighted by Crippen LogP contribution is -2.37. The normalized spacial score (nSPS) is 23.5. The van der Waals surface area contributed by atoms with Crippen LogP contribution in [0.3, 0.4) is 0 Å². The van der Waals surface area contributed by atoms with E-state index in [1.54, 1.807) is 0 Å². The van der Waals surface area contributed by atoms with Crippen molar-refractivity contribution in [1.82, 2.24) is 5.32 Å². The van der Waals surface area contributed by atoms with Crippen LogP contribution in [0.25, 0.3) is 0 Å². The molecule has 4 heteroatoms. The Bertz CT molecular complexity index is 218. The molecule has 1 saturated heterocycles. The summed E-state index contributed by atoms with van der Waals surface area (Å²) in [5.41, 5.74) is 0. The standard InChI is InChI=1S/C9H14N2OS/c1-2-8(5-10)11-9(12)7-3-4-13-6-7/h7-8H,2-4,6H2,1H3,(H,11,12). The molecule has 0 spiro atoms. The third kappa shape index (κ3) is 2.92. The fraction of sp³-hybridized carbons (Fsp3) is 0.778. The summed E-state index contributed by atoms with van der Waals surface area (Å²) in [5, 5.41) is 11.4. The van der Waals surface area contributed by atoms with Gasteiger partial charge in [-0.2, -0.15) is 17.0 Å². The van der Waals surface area contributed by atoms with E-state index in [-0.39, 0.29) is 17.9 Å². The van der Waals surface area contributed by atoms with E-state index in [0.717, 1.165) is 17.9 Å². The Hall–Kier alpha value is -0.690. The molecule has 1 aliphatic rings. The Labute approximate surface area is 82.9 Å². The second-order valence-corrected chi connectivity index (χ2v) is 4.31. The van der Waals surface area contributed by atoms with Gasteiger partial charge in [0.05, 0.1) is 6.07 Å². The van der Waals surface area contributed by atoms with Crippen LogP contribution in [0, 0.1) is 17.2 Å². The van der Waals surface area contributed by atoms with E-state index in [0.29, 0.717) is 6.42 Å². The minimum absolute atomic E-state index is 0.0541. The van der Waals surface area contributed by atoms with E-state index in [9.17, 15) is 4.79 Å². The predicted octanol–water partition coefficient (Wildman–Crippen LogP) is 1.16. The van der Waals surface area contributed by atoms with Crippen LogP contribution in [0.1, 0.15) is 19.8 Å². The summed E-state index contributed by atoms with van der Waals surface area (Å²) in [5.74, 6) is 2.17. The Balaban J connectivity index is 2.35. The largest absolute Gasteiger partial charge is 0.340 e. The summed E-state index contributed by atoms with van der Waals surface area (Å²) in [7, 11) is 0. The maximum atomic E-state index is 11.5. The number of carbonyl (C=O) groups excluding carboxylic acids is 1. The third-order valence-corrected chi connectivity index (χ3v) is 3.34. The molecule has 1 fully saturated rings. The summed E-state index contributed by atoms with van der Waals surface area (Å²) >= 11 is 1.81. The fourth-order valence-electron chi connectivity index (χ4n) is 1.26. The SMILES string of the molecule is CCC(C#N)NC(=O)C1CCSC1. The predicted molar refractivity (Wildman–Crippen MR) is 53.3 cm³/mol. The molecule has 0 aromatic rings. The Morgan fingerprint density at radius 1 is 1.85 bits per heavy atom. The van der Waals surface area contributed by atoms with Crippen LogP contribution >= 0.6 is 11.8 Å². The van der Waals surface area contributed by atoms with Gasteiger partial charge >= 0.3 is 0 Å². The lowest BCUT2D eigenvalue weighted by Gasteiger charge is -2.12. The number of carbonyl (C=O) groups is 1. The maximum Gasteiger partial charge on any atom is 0.225 e. The number of amides is 1. The van der Waals surface area contributed by atoms with E-state index in [1.807, 2.05) is 18.7 Å². The lowest BCUT2D eigenvalue weighted by atomic mass is 10.1. The van der Waals surface area contributed by atoms with Gasteiger partial charge in [-0.3, -0.25) is 4.79 Å². The molecule has 13 heavy (non-hydrogen) atoms. The molecule has 1 rings (SSSR count). The first-order valence-corrected chi connectivity index (χ1v) is 5.71. The quantitative estimate of drug-likeness (QED) is 0.740. The first kappa shape index (κ1) is 10.4. The Morgan fingerprint density at radius 3 is 3.08 bits per heavy atom. The second-order valence-electron chi connectivity index (χ2n) is 3.16. The molecule has 0 radical (unpaired) electrons. The number of rotatable bonds is 3. The molecule has 1 amide bonds. The maximum absolute atomic E-state index is 11.5. The molecule has 0 aromatic carbocycles. The monoisotopic (exact) mass is 198 g/mol. The minimum Gasteiger partial charge on any atom is -0.340 e. The fourth-order valence-corrected chi connectivity index (χ4v) is 2.48. The van der Waals surface area contributed by atoms with Gasteiger partial charge in [-0.1, -0.05) is 6.92 Å². The van der Waals surface area contributed by atoms with E-state index < -0.39 is 0 Å². The highest BCUT2D eigenvalue weighted by Gasteiger charge is 2.24. The van der Waals surface area contributed by atoms with Gasteiger partial charge < -0.3 is 5.32 Å². The molecule has 0 aliphatic carbocycles. The highest BCUT2D eigenvalue weighted by molar-refractivity contribution is 7.99. The lowest BCUT2D eigenvalue weighted by molar-refractivity contribution is -0.124. The van der Waals surface area contributed by atoms with Crippen molar-refractivity contribution in [3.8, 4) is 6.07 Å². The molecule has 0 aromatic heterocycles. The number of hydrogen-bond acceptors (Lipinski definition) is 3. The summed E-state index contributed by atoms with van der Waals surface area (Å²) in [6, 6.07) is 1.76. The summed E-state index contributed by atoms with van der Waals surface area (Å²) in [6.45, 7) is 1.90. The van der Waals surface area contributed by atoms with Crippen LogP contribution < -0.4 is 5.32 Å². The molecular weight excluding hydrogens is 184 g/mol. The Morgan fingerprint density at radius 2 is 2.62 bits per heavy atom. The molecule has 0 bridgehead atoms. The van der Waals surface area contributed by atoms with Crippen LogP contribution in [0.15, 0.2) is 0 Å². The topological polar surface area (TPSA) is 52.9 Å². The molecule has 0 saturated carbocycles. The second kappa shape index (κ2) is 5.13. The number of nitrogens with one attached hydrogen (secondary N) is 1. The molecule has 72 valence electrons. The van der Waals surface area contributed by atoms with Crippen LogP contribution in [-0.4, -0.2) is 23.5 Å². The first-order valence-electron chi connectivity index (χ1n) is 4.55. The van der Waals surface area contributed by atoms with Gasteiger partial charge in [0, 0.05) is 11.7 Å². The zero-order chi connectivity index (χ0) is 9.68. The van der Waals surface area contributed by atoms with E-state index in [4.69, 9.17) is 5.26 Å². The number of thioether (sulfide) groups is 1. The van der Waals surface area contributed by atoms with Crippen molar-refractivity contribution in [1.29, 1.82) is 5.26 Å². The summed E-state index contributed by atoms with van der Waals surface area (Å²) in [6.07, 6.45) is 1.64. The Kier molecular flexibility index (Phi) is 4.10. The van der Waals surface area contributed by atoms with Crippen molar-refractivity contribution in [2.45, 2.75) is 25.8 Å². The zero-order valence-corrected chi connectivity index (χ0v) is 8.56. The molecule has 1 heterocycles. The van der Waals surface area contributed by atoms with E-state index >= 15 is 0 Å². The number of nitrogens with zero attached hydrogens (tertiary/aromatic N) is 1. The molecule has 3 nitrogen and oxygen atoms in total. The van der Waals surface area contributed by atoms with Crippen molar-refractivity contribution in [2.24, 2.45) is 5.92 Å². The average molecular weight is 198 g/mol. The van der Waals surface area contributed by atoms with Gasteiger partial charge in [0.15, 0.2) is 0 Å². The van der Waals surface area contributed by atoms with E-state index in [1.165, 1.54) is 0 Å². The van der Waals surface area contributed by atoms with Crippen molar-refractivity contribution in [2.75, 3.05) is 11.5 Å². The van der Waals surface area contributed by atoms with Crippen LogP contribution in [-0.2, 0) is 4.79 Å². The first-order chi connectivity index (χ1) is 6.27. The minimum atomic E-state index is -0.307. The van der Waals surface area contributed by atoms with Gasteiger partial charge in [0.1, 0.15) is 6.04 Å². The smallest absolute Gasteiger partial charge is 0.225 e. The number of hydrogen-bond donors (Lipinski definition) is 1. The molecule has 1 N–H and O–H groups in total. The summed E-state index contributed by atoms with van der Waals surface area (Å²) in [4.78, 5) is 11.5. The van der Waals surface area contributed by atoms with Gasteiger partial charge in [-0.05, 0) is 18.6 Å². The zero-order valence-electron chi connectivity index (χ0n) is 7.75. The molecule has 2 atom stereocenters. The van der Waals surface area contributed by atoms with E-state index in [2.05, 4.69) is 11.4 Å². The highest BCUT2D eigenvalue weighted by atomic mass is 32.2. The molecule has 1 aliphatic heterocycles. The van der Waals surface area contributed by atoms with Crippen molar-refractivity contribution in [3.63, 3.8) is 0 Å². The van der Waals surface area contributed by atoms with Gasteiger partial charge in [-0.25, -0.2) is 0 Å². The van der Waals surface area contributed by atoms with Crippen molar-refractivity contribution < 1.29 is 4.79 Å². The van der Waals surface area contributed by atoms with Crippen LogP contribution in [0.2, 0.25) is 0 Å². The highest BCUT2D eigenvalue weighted by Crippen LogP contribution is 2.23. The van der Waals surface area contributed by atoms with Gasteiger partial charge in [-0.15, -0.1) is 0 Å². The molecule has 2 unspecified atom stereocenters. The van der Waals surface area contributed by atoms with Gasteiger partial charge in [0.25, 0.3) is 0 Å². The number of nitriles is 1. The van der Waals surface area contributed by atoms with Crippen molar-refractivity contribution >= 4 is 17.7 Å².